The molecule has 2 amide bonds. The zero-order valence-corrected chi connectivity index (χ0v) is 12.9. The topological polar surface area (TPSA) is 49.4 Å². The van der Waals surface area contributed by atoms with Crippen LogP contribution >= 0.6 is 11.6 Å². The van der Waals surface area contributed by atoms with Crippen molar-refractivity contribution in [3.05, 3.63) is 28.8 Å². The number of amides is 2. The summed E-state index contributed by atoms with van der Waals surface area (Å²) in [7, 11) is 0. The van der Waals surface area contributed by atoms with Crippen molar-refractivity contribution in [2.45, 2.75) is 45.7 Å². The number of piperazine rings is 1. The smallest absolute Gasteiger partial charge is 0.252 e. The molecule has 20 heavy (non-hydrogen) atoms. The van der Waals surface area contributed by atoms with Crippen molar-refractivity contribution >= 4 is 29.1 Å². The predicted molar refractivity (Wildman–Crippen MR) is 80.0 cm³/mol. The van der Waals surface area contributed by atoms with Gasteiger partial charge < -0.3 is 5.32 Å². The number of carbonyl (C=O) groups is 2. The molecule has 108 valence electrons. The molecule has 2 rings (SSSR count). The van der Waals surface area contributed by atoms with Crippen LogP contribution in [0.3, 0.4) is 0 Å². The summed E-state index contributed by atoms with van der Waals surface area (Å²) in [6.45, 7) is 7.19. The van der Waals surface area contributed by atoms with E-state index in [9.17, 15) is 9.59 Å². The van der Waals surface area contributed by atoms with Crippen LogP contribution in [-0.4, -0.2) is 23.4 Å². The maximum atomic E-state index is 12.7. The van der Waals surface area contributed by atoms with Crippen LogP contribution in [0.2, 0.25) is 5.02 Å². The highest BCUT2D eigenvalue weighted by Crippen LogP contribution is 2.35. The van der Waals surface area contributed by atoms with Crippen molar-refractivity contribution in [2.24, 2.45) is 0 Å². The Bertz CT molecular complexity index is 549. The van der Waals surface area contributed by atoms with E-state index in [1.54, 1.807) is 24.8 Å². The molecule has 1 aromatic rings. The Hall–Kier alpha value is -1.55. The summed E-state index contributed by atoms with van der Waals surface area (Å²) >= 11 is 6.27. The molecular formula is C15H19ClN2O2. The van der Waals surface area contributed by atoms with Gasteiger partial charge in [-0.2, -0.15) is 0 Å². The van der Waals surface area contributed by atoms with Gasteiger partial charge in [0.2, 0.25) is 5.91 Å². The van der Waals surface area contributed by atoms with Gasteiger partial charge in [-0.1, -0.05) is 30.7 Å². The molecular weight excluding hydrogens is 276 g/mol. The second-order valence-corrected chi connectivity index (χ2v) is 6.03. The van der Waals surface area contributed by atoms with Gasteiger partial charge in [0.25, 0.3) is 5.91 Å². The van der Waals surface area contributed by atoms with Gasteiger partial charge in [-0.3, -0.25) is 14.5 Å². The molecule has 1 fully saturated rings. The molecule has 4 nitrogen and oxygen atoms in total. The summed E-state index contributed by atoms with van der Waals surface area (Å²) in [6, 6.07) is 4.94. The first-order valence-corrected chi connectivity index (χ1v) is 7.08. The Morgan fingerprint density at radius 2 is 2.00 bits per heavy atom. The number of nitrogens with zero attached hydrogens (tertiary/aromatic N) is 1. The molecule has 0 bridgehead atoms. The summed E-state index contributed by atoms with van der Waals surface area (Å²) in [5.41, 5.74) is 0.595. The Labute approximate surface area is 124 Å². The highest BCUT2D eigenvalue weighted by Gasteiger charge is 2.46. The first kappa shape index (κ1) is 14.9. The first-order valence-electron chi connectivity index (χ1n) is 6.70. The number of benzene rings is 1. The fraction of sp³-hybridized carbons (Fsp3) is 0.467. The van der Waals surface area contributed by atoms with Gasteiger partial charge in [-0.25, -0.2) is 0 Å². The molecule has 0 spiro atoms. The van der Waals surface area contributed by atoms with Gasteiger partial charge in [-0.15, -0.1) is 0 Å². The molecule has 1 N–H and O–H groups in total. The number of nitrogens with one attached hydrogen (secondary N) is 1. The van der Waals surface area contributed by atoms with Gasteiger partial charge in [-0.05, 0) is 38.8 Å². The molecule has 0 aliphatic carbocycles. The number of carbonyl (C=O) groups excluding carboxylic acids is 2. The fourth-order valence-electron chi connectivity index (χ4n) is 2.56. The third kappa shape index (κ3) is 2.29. The summed E-state index contributed by atoms with van der Waals surface area (Å²) in [5.74, 6) is -0.281. The summed E-state index contributed by atoms with van der Waals surface area (Å²) < 4.78 is 0. The average Bonchev–Trinajstić information content (AvgIpc) is 2.34. The van der Waals surface area contributed by atoms with Gasteiger partial charge in [0.15, 0.2) is 0 Å². The molecule has 0 radical (unpaired) electrons. The lowest BCUT2D eigenvalue weighted by molar-refractivity contribution is -0.137. The molecule has 0 saturated carbocycles. The van der Waals surface area contributed by atoms with Crippen LogP contribution in [-0.2, 0) is 9.59 Å². The summed E-state index contributed by atoms with van der Waals surface area (Å²) in [4.78, 5) is 26.5. The van der Waals surface area contributed by atoms with Crippen molar-refractivity contribution < 1.29 is 9.59 Å². The highest BCUT2D eigenvalue weighted by molar-refractivity contribution is 6.34. The number of hydrogen-bond donors (Lipinski definition) is 1. The number of anilines is 1. The molecule has 1 aliphatic heterocycles. The van der Waals surface area contributed by atoms with E-state index >= 15 is 0 Å². The van der Waals surface area contributed by atoms with Crippen molar-refractivity contribution in [1.82, 2.24) is 5.32 Å². The van der Waals surface area contributed by atoms with Gasteiger partial charge in [0, 0.05) is 0 Å². The molecule has 1 unspecified atom stereocenters. The predicted octanol–water partition coefficient (Wildman–Crippen LogP) is 2.67. The van der Waals surface area contributed by atoms with E-state index in [1.165, 1.54) is 0 Å². The maximum absolute atomic E-state index is 12.7. The molecule has 1 atom stereocenters. The molecule has 1 aromatic carbocycles. The van der Waals surface area contributed by atoms with Gasteiger partial charge in [0.1, 0.15) is 11.6 Å². The SMILES string of the molecule is CCC1C(=O)NC(C)(C)C(=O)N1c1c(C)cccc1Cl. The van der Waals surface area contributed by atoms with Crippen LogP contribution in [0.25, 0.3) is 0 Å². The van der Waals surface area contributed by atoms with E-state index < -0.39 is 11.6 Å². The largest absolute Gasteiger partial charge is 0.340 e. The van der Waals surface area contributed by atoms with Crippen LogP contribution in [0.4, 0.5) is 5.69 Å². The van der Waals surface area contributed by atoms with E-state index in [4.69, 9.17) is 11.6 Å². The fourth-order valence-corrected chi connectivity index (χ4v) is 2.87. The molecule has 1 saturated heterocycles. The van der Waals surface area contributed by atoms with Crippen LogP contribution in [0, 0.1) is 6.92 Å². The van der Waals surface area contributed by atoms with E-state index in [0.29, 0.717) is 17.1 Å². The quantitative estimate of drug-likeness (QED) is 0.911. The highest BCUT2D eigenvalue weighted by atomic mass is 35.5. The third-order valence-corrected chi connectivity index (χ3v) is 3.92. The van der Waals surface area contributed by atoms with Crippen molar-refractivity contribution in [1.29, 1.82) is 0 Å². The van der Waals surface area contributed by atoms with Crippen LogP contribution in [0.5, 0.6) is 0 Å². The minimum absolute atomic E-state index is 0.139. The monoisotopic (exact) mass is 294 g/mol. The lowest BCUT2D eigenvalue weighted by Crippen LogP contribution is -2.68. The van der Waals surface area contributed by atoms with Gasteiger partial charge >= 0.3 is 0 Å². The van der Waals surface area contributed by atoms with Crippen LogP contribution in [0.1, 0.15) is 32.8 Å². The Balaban J connectivity index is 2.60. The zero-order valence-electron chi connectivity index (χ0n) is 12.2. The van der Waals surface area contributed by atoms with E-state index in [2.05, 4.69) is 5.32 Å². The minimum atomic E-state index is -0.922. The molecule has 5 heteroatoms. The average molecular weight is 295 g/mol. The Kier molecular flexibility index (Phi) is 3.78. The number of aryl methyl sites for hydroxylation is 1. The Morgan fingerprint density at radius 3 is 2.55 bits per heavy atom. The van der Waals surface area contributed by atoms with Crippen molar-refractivity contribution in [3.8, 4) is 0 Å². The number of hydrogen-bond acceptors (Lipinski definition) is 2. The van der Waals surface area contributed by atoms with Crippen LogP contribution < -0.4 is 10.2 Å². The first-order chi connectivity index (χ1) is 9.29. The molecule has 1 heterocycles. The number of rotatable bonds is 2. The lowest BCUT2D eigenvalue weighted by Gasteiger charge is -2.43. The standard InChI is InChI=1S/C15H19ClN2O2/c1-5-11-13(19)17-15(3,4)14(20)18(11)12-9(2)7-6-8-10(12)16/h6-8,11H,5H2,1-4H3,(H,17,19). The summed E-state index contributed by atoms with van der Waals surface area (Å²) in [5, 5.41) is 3.26. The van der Waals surface area contributed by atoms with Crippen molar-refractivity contribution in [2.75, 3.05) is 4.90 Å². The van der Waals surface area contributed by atoms with Crippen LogP contribution in [0.15, 0.2) is 18.2 Å². The maximum Gasteiger partial charge on any atom is 0.252 e. The molecule has 1 aliphatic rings. The van der Waals surface area contributed by atoms with E-state index in [-0.39, 0.29) is 11.8 Å². The Morgan fingerprint density at radius 1 is 1.35 bits per heavy atom. The second-order valence-electron chi connectivity index (χ2n) is 5.62. The number of halogens is 1. The van der Waals surface area contributed by atoms with E-state index in [0.717, 1.165) is 5.56 Å². The molecule has 0 aromatic heterocycles. The lowest BCUT2D eigenvalue weighted by atomic mass is 9.94. The van der Waals surface area contributed by atoms with Crippen molar-refractivity contribution in [3.63, 3.8) is 0 Å². The minimum Gasteiger partial charge on any atom is -0.340 e. The number of para-hydroxylation sites is 1. The summed E-state index contributed by atoms with van der Waals surface area (Å²) in [6.07, 6.45) is 0.540. The second kappa shape index (κ2) is 5.09. The van der Waals surface area contributed by atoms with Gasteiger partial charge in [0.05, 0.1) is 10.7 Å². The third-order valence-electron chi connectivity index (χ3n) is 3.62. The van der Waals surface area contributed by atoms with E-state index in [1.807, 2.05) is 26.0 Å². The zero-order chi connectivity index (χ0) is 15.1. The normalized spacial score (nSPS) is 21.9.